The highest BCUT2D eigenvalue weighted by atomic mass is 16.9. The second-order valence-corrected chi connectivity index (χ2v) is 5.55. The molecule has 0 aliphatic heterocycles. The number of carbonyl (C=O) groups excluding carboxylic acids is 2. The Morgan fingerprint density at radius 3 is 2.38 bits per heavy atom. The molecule has 0 saturated heterocycles. The van der Waals surface area contributed by atoms with Gasteiger partial charge in [0.25, 0.3) is 5.09 Å². The monoisotopic (exact) mass is 304 g/mol. The molecule has 0 aliphatic carbocycles. The third kappa shape index (κ3) is 14.4. The van der Waals surface area contributed by atoms with Crippen LogP contribution in [-0.2, 0) is 19.2 Å². The summed E-state index contributed by atoms with van der Waals surface area (Å²) in [6.45, 7) is 5.65. The maximum atomic E-state index is 11.4. The van der Waals surface area contributed by atoms with Gasteiger partial charge in [-0.2, -0.15) is 0 Å². The van der Waals surface area contributed by atoms with Gasteiger partial charge in [0.05, 0.1) is 13.0 Å². The molecule has 0 heterocycles. The van der Waals surface area contributed by atoms with Crippen molar-refractivity contribution in [1.82, 2.24) is 5.32 Å². The molecule has 0 fully saturated rings. The van der Waals surface area contributed by atoms with Crippen LogP contribution in [-0.4, -0.2) is 35.7 Å². The molecule has 1 amide bonds. The van der Waals surface area contributed by atoms with Gasteiger partial charge in [0.2, 0.25) is 5.91 Å². The van der Waals surface area contributed by atoms with Gasteiger partial charge in [0.15, 0.2) is 0 Å². The molecular weight excluding hydrogens is 280 g/mol. The van der Waals surface area contributed by atoms with Crippen LogP contribution >= 0.6 is 0 Å². The highest BCUT2D eigenvalue weighted by molar-refractivity contribution is 5.77. The molecular formula is C13H24N2O6. The molecule has 0 aliphatic rings. The van der Waals surface area contributed by atoms with E-state index in [-0.39, 0.29) is 31.4 Å². The number of nitrogens with zero attached hydrogens (tertiary/aromatic N) is 1. The maximum absolute atomic E-state index is 11.4. The Morgan fingerprint density at radius 2 is 1.81 bits per heavy atom. The summed E-state index contributed by atoms with van der Waals surface area (Å²) in [7, 11) is 0. The summed E-state index contributed by atoms with van der Waals surface area (Å²) in [6.07, 6.45) is 2.30. The fourth-order valence-electron chi connectivity index (χ4n) is 1.49. The molecule has 0 unspecified atom stereocenters. The lowest BCUT2D eigenvalue weighted by molar-refractivity contribution is -0.757. The van der Waals surface area contributed by atoms with Gasteiger partial charge in [-0.15, -0.1) is 10.1 Å². The topological polar surface area (TPSA) is 108 Å². The van der Waals surface area contributed by atoms with Crippen LogP contribution in [0.1, 0.15) is 52.9 Å². The predicted molar refractivity (Wildman–Crippen MR) is 74.9 cm³/mol. The van der Waals surface area contributed by atoms with Crippen LogP contribution in [0.5, 0.6) is 0 Å². The maximum Gasteiger partial charge on any atom is 0.308 e. The van der Waals surface area contributed by atoms with Crippen LogP contribution in [0, 0.1) is 10.1 Å². The summed E-state index contributed by atoms with van der Waals surface area (Å²) >= 11 is 0. The van der Waals surface area contributed by atoms with Gasteiger partial charge in [-0.1, -0.05) is 6.42 Å². The molecule has 0 saturated carbocycles. The fourth-order valence-corrected chi connectivity index (χ4v) is 1.49. The number of unbranched alkanes of at least 4 members (excludes halogenated alkanes) is 2. The first-order valence-electron chi connectivity index (χ1n) is 6.96. The zero-order chi connectivity index (χ0) is 16.3. The summed E-state index contributed by atoms with van der Waals surface area (Å²) in [5, 5.41) is 11.7. The van der Waals surface area contributed by atoms with Crippen molar-refractivity contribution >= 4 is 11.9 Å². The van der Waals surface area contributed by atoms with E-state index in [1.54, 1.807) is 20.8 Å². The van der Waals surface area contributed by atoms with E-state index in [1.807, 2.05) is 0 Å². The highest BCUT2D eigenvalue weighted by Gasteiger charge is 2.15. The van der Waals surface area contributed by atoms with Crippen molar-refractivity contribution in [2.24, 2.45) is 0 Å². The minimum atomic E-state index is -0.830. The average molecular weight is 304 g/mol. The van der Waals surface area contributed by atoms with E-state index in [2.05, 4.69) is 10.2 Å². The molecule has 0 aromatic heterocycles. The summed E-state index contributed by atoms with van der Waals surface area (Å²) < 4.78 is 5.11. The fraction of sp³-hybridized carbons (Fsp3) is 0.846. The van der Waals surface area contributed by atoms with Crippen LogP contribution < -0.4 is 5.32 Å². The Hall–Kier alpha value is -1.86. The van der Waals surface area contributed by atoms with E-state index in [0.717, 1.165) is 0 Å². The van der Waals surface area contributed by atoms with Gasteiger partial charge in [0.1, 0.15) is 5.60 Å². The number of hydrogen-bond donors (Lipinski definition) is 1. The average Bonchev–Trinajstić information content (AvgIpc) is 2.30. The third-order valence-corrected chi connectivity index (χ3v) is 2.32. The van der Waals surface area contributed by atoms with Gasteiger partial charge < -0.3 is 14.9 Å². The number of nitrogens with one attached hydrogen (secondary N) is 1. The highest BCUT2D eigenvalue weighted by Crippen LogP contribution is 2.07. The molecule has 0 spiro atoms. The lowest BCUT2D eigenvalue weighted by Crippen LogP contribution is -2.29. The molecule has 21 heavy (non-hydrogen) atoms. The van der Waals surface area contributed by atoms with Crippen molar-refractivity contribution < 1.29 is 24.3 Å². The third-order valence-electron chi connectivity index (χ3n) is 2.32. The molecule has 8 nitrogen and oxygen atoms in total. The van der Waals surface area contributed by atoms with E-state index in [1.165, 1.54) is 0 Å². The first-order chi connectivity index (χ1) is 9.70. The first kappa shape index (κ1) is 19.1. The van der Waals surface area contributed by atoms with Crippen molar-refractivity contribution in [3.05, 3.63) is 10.1 Å². The zero-order valence-corrected chi connectivity index (χ0v) is 12.8. The molecule has 0 rings (SSSR count). The van der Waals surface area contributed by atoms with Gasteiger partial charge in [0, 0.05) is 13.0 Å². The number of amides is 1. The molecule has 122 valence electrons. The minimum Gasteiger partial charge on any atom is -0.460 e. The van der Waals surface area contributed by atoms with Crippen LogP contribution in [0.15, 0.2) is 0 Å². The Bertz CT molecular complexity index is 351. The number of ether oxygens (including phenoxy) is 1. The van der Waals surface area contributed by atoms with Crippen molar-refractivity contribution in [2.45, 2.75) is 58.5 Å². The molecule has 0 atom stereocenters. The van der Waals surface area contributed by atoms with E-state index in [9.17, 15) is 19.7 Å². The molecule has 8 heteroatoms. The normalized spacial score (nSPS) is 10.8. The summed E-state index contributed by atoms with van der Waals surface area (Å²) in [5.41, 5.74) is -0.521. The largest absolute Gasteiger partial charge is 0.460 e. The van der Waals surface area contributed by atoms with Gasteiger partial charge in [-0.05, 0) is 33.6 Å². The molecule has 0 aromatic carbocycles. The van der Waals surface area contributed by atoms with E-state index in [4.69, 9.17) is 4.74 Å². The number of esters is 1. The lowest BCUT2D eigenvalue weighted by Gasteiger charge is -2.19. The van der Waals surface area contributed by atoms with Crippen LogP contribution in [0.2, 0.25) is 0 Å². The Kier molecular flexibility index (Phi) is 9.07. The van der Waals surface area contributed by atoms with Crippen molar-refractivity contribution in [3.8, 4) is 0 Å². The quantitative estimate of drug-likeness (QED) is 0.284. The molecule has 0 radical (unpaired) electrons. The zero-order valence-electron chi connectivity index (χ0n) is 12.8. The Labute approximate surface area is 124 Å². The van der Waals surface area contributed by atoms with Gasteiger partial charge >= 0.3 is 5.97 Å². The molecule has 1 N–H and O–H groups in total. The van der Waals surface area contributed by atoms with Crippen LogP contribution in [0.4, 0.5) is 0 Å². The SMILES string of the molecule is CC(C)(C)OC(=O)CCNC(=O)CCCCCO[N+](=O)[O-]. The van der Waals surface area contributed by atoms with E-state index >= 15 is 0 Å². The molecule has 0 bridgehead atoms. The van der Waals surface area contributed by atoms with Crippen molar-refractivity contribution in [1.29, 1.82) is 0 Å². The Balaban J connectivity index is 3.50. The Morgan fingerprint density at radius 1 is 1.14 bits per heavy atom. The number of carbonyl (C=O) groups is 2. The standard InChI is InChI=1S/C13H24N2O6/c1-13(2,3)21-12(17)8-9-14-11(16)7-5-4-6-10-20-15(18)19/h4-10H2,1-3H3,(H,14,16). The lowest BCUT2D eigenvalue weighted by atomic mass is 10.2. The summed E-state index contributed by atoms with van der Waals surface area (Å²) in [6, 6.07) is 0. The predicted octanol–water partition coefficient (Wildman–Crippen LogP) is 1.60. The van der Waals surface area contributed by atoms with Gasteiger partial charge in [-0.25, -0.2) is 0 Å². The van der Waals surface area contributed by atoms with Crippen LogP contribution in [0.25, 0.3) is 0 Å². The first-order valence-corrected chi connectivity index (χ1v) is 6.96. The van der Waals surface area contributed by atoms with Crippen molar-refractivity contribution in [2.75, 3.05) is 13.2 Å². The van der Waals surface area contributed by atoms with E-state index < -0.39 is 10.7 Å². The molecule has 0 aromatic rings. The van der Waals surface area contributed by atoms with Gasteiger partial charge in [-0.3, -0.25) is 9.59 Å². The summed E-state index contributed by atoms with van der Waals surface area (Å²) in [5.74, 6) is -0.492. The van der Waals surface area contributed by atoms with Crippen molar-refractivity contribution in [3.63, 3.8) is 0 Å². The second kappa shape index (κ2) is 9.95. The van der Waals surface area contributed by atoms with Crippen LogP contribution in [0.3, 0.4) is 0 Å². The summed E-state index contributed by atoms with van der Waals surface area (Å²) in [4.78, 5) is 36.9. The number of hydrogen-bond acceptors (Lipinski definition) is 6. The second-order valence-electron chi connectivity index (χ2n) is 5.55. The number of rotatable bonds is 10. The smallest absolute Gasteiger partial charge is 0.308 e. The minimum absolute atomic E-state index is 0.0489. The van der Waals surface area contributed by atoms with E-state index in [0.29, 0.717) is 25.7 Å².